The number of halogens is 1. The fourth-order valence-electron chi connectivity index (χ4n) is 3.16. The van der Waals surface area contributed by atoms with Gasteiger partial charge in [0.25, 0.3) is 0 Å². The lowest BCUT2D eigenvalue weighted by Crippen LogP contribution is -2.06. The van der Waals surface area contributed by atoms with Crippen molar-refractivity contribution >= 4 is 28.9 Å². The maximum Gasteiger partial charge on any atom is 0.221 e. The Morgan fingerprint density at radius 1 is 0.968 bits per heavy atom. The smallest absolute Gasteiger partial charge is 0.221 e. The molecule has 0 bridgehead atoms. The first kappa shape index (κ1) is 22.5. The molecule has 3 aromatic rings. The third-order valence-electron chi connectivity index (χ3n) is 4.54. The van der Waals surface area contributed by atoms with Crippen molar-refractivity contribution in [2.75, 3.05) is 17.2 Å². The number of carbonyl (C=O) groups excluding carboxylic acids is 1. The van der Waals surface area contributed by atoms with Crippen LogP contribution in [0.1, 0.15) is 30.5 Å². The van der Waals surface area contributed by atoms with Crippen molar-refractivity contribution in [3.8, 4) is 11.5 Å². The monoisotopic (exact) mass is 438 g/mol. The van der Waals surface area contributed by atoms with E-state index in [1.807, 2.05) is 55.5 Å². The van der Waals surface area contributed by atoms with Gasteiger partial charge < -0.3 is 20.1 Å². The van der Waals surface area contributed by atoms with Gasteiger partial charge in [-0.2, -0.15) is 0 Å². The second-order valence-corrected chi connectivity index (χ2v) is 7.63. The van der Waals surface area contributed by atoms with Crippen LogP contribution >= 0.6 is 11.6 Å². The molecule has 0 heterocycles. The molecule has 0 spiro atoms. The van der Waals surface area contributed by atoms with E-state index in [-0.39, 0.29) is 5.91 Å². The Morgan fingerprint density at radius 3 is 2.39 bits per heavy atom. The fraction of sp³-hybridized carbons (Fsp3) is 0.240. The average molecular weight is 439 g/mol. The Kier molecular flexibility index (Phi) is 7.79. The number of nitrogens with one attached hydrogen (secondary N) is 2. The fourth-order valence-corrected chi connectivity index (χ4v) is 3.45. The standard InChI is InChI=1S/C25H27ClN2O3/c1-4-30-24-14-20(15-27-21-8-10-22(11-9-21)28-18(3)29)13-23(26)25(24)31-16-19-7-5-6-17(2)12-19/h5-14,27H,4,15-16H2,1-3H3,(H,28,29). The third kappa shape index (κ3) is 6.66. The van der Waals surface area contributed by atoms with Gasteiger partial charge in [0.2, 0.25) is 5.91 Å². The Hall–Kier alpha value is -3.18. The van der Waals surface area contributed by atoms with Crippen molar-refractivity contribution in [3.63, 3.8) is 0 Å². The summed E-state index contributed by atoms with van der Waals surface area (Å²) in [6.45, 7) is 6.97. The minimum atomic E-state index is -0.0940. The van der Waals surface area contributed by atoms with Crippen LogP contribution in [0.3, 0.4) is 0 Å². The lowest BCUT2D eigenvalue weighted by atomic mass is 10.1. The Bertz CT molecular complexity index is 1040. The number of aryl methyl sites for hydroxylation is 1. The van der Waals surface area contributed by atoms with Crippen LogP contribution in [0, 0.1) is 6.92 Å². The number of benzene rings is 3. The molecule has 0 aliphatic heterocycles. The quantitative estimate of drug-likeness (QED) is 0.417. The Labute approximate surface area is 188 Å². The van der Waals surface area contributed by atoms with Crippen molar-refractivity contribution < 1.29 is 14.3 Å². The molecule has 0 atom stereocenters. The second-order valence-electron chi connectivity index (χ2n) is 7.23. The highest BCUT2D eigenvalue weighted by Crippen LogP contribution is 2.37. The minimum Gasteiger partial charge on any atom is -0.490 e. The van der Waals surface area contributed by atoms with Crippen molar-refractivity contribution in [2.45, 2.75) is 33.9 Å². The normalized spacial score (nSPS) is 10.5. The van der Waals surface area contributed by atoms with E-state index in [0.29, 0.717) is 36.3 Å². The average Bonchev–Trinajstić information content (AvgIpc) is 2.72. The summed E-state index contributed by atoms with van der Waals surface area (Å²) in [5.41, 5.74) is 4.93. The van der Waals surface area contributed by atoms with Crippen molar-refractivity contribution in [1.29, 1.82) is 0 Å². The summed E-state index contributed by atoms with van der Waals surface area (Å²) < 4.78 is 11.8. The Morgan fingerprint density at radius 2 is 1.71 bits per heavy atom. The summed E-state index contributed by atoms with van der Waals surface area (Å²) in [5.74, 6) is 1.08. The molecule has 3 rings (SSSR count). The van der Waals surface area contributed by atoms with Gasteiger partial charge in [-0.05, 0) is 61.4 Å². The zero-order valence-electron chi connectivity index (χ0n) is 18.0. The molecule has 2 N–H and O–H groups in total. The van der Waals surface area contributed by atoms with Gasteiger partial charge >= 0.3 is 0 Å². The van der Waals surface area contributed by atoms with Gasteiger partial charge in [0, 0.05) is 24.8 Å². The molecule has 0 aliphatic carbocycles. The third-order valence-corrected chi connectivity index (χ3v) is 4.82. The molecule has 162 valence electrons. The highest BCUT2D eigenvalue weighted by atomic mass is 35.5. The van der Waals surface area contributed by atoms with Crippen molar-refractivity contribution in [1.82, 2.24) is 0 Å². The predicted molar refractivity (Wildman–Crippen MR) is 126 cm³/mol. The molecular weight excluding hydrogens is 412 g/mol. The summed E-state index contributed by atoms with van der Waals surface area (Å²) >= 11 is 6.55. The minimum absolute atomic E-state index is 0.0940. The number of carbonyl (C=O) groups is 1. The van der Waals surface area contributed by atoms with Gasteiger partial charge in [0.05, 0.1) is 11.6 Å². The van der Waals surface area contributed by atoms with Gasteiger partial charge in [-0.15, -0.1) is 0 Å². The summed E-state index contributed by atoms with van der Waals surface area (Å²) in [4.78, 5) is 11.1. The molecule has 6 heteroatoms. The first-order chi connectivity index (χ1) is 14.9. The molecule has 1 amide bonds. The molecule has 0 radical (unpaired) electrons. The summed E-state index contributed by atoms with van der Waals surface area (Å²) in [7, 11) is 0. The zero-order valence-corrected chi connectivity index (χ0v) is 18.8. The van der Waals surface area contributed by atoms with E-state index in [1.165, 1.54) is 12.5 Å². The second kappa shape index (κ2) is 10.7. The number of hydrogen-bond donors (Lipinski definition) is 2. The SMILES string of the molecule is CCOc1cc(CNc2ccc(NC(C)=O)cc2)cc(Cl)c1OCc1cccc(C)c1. The lowest BCUT2D eigenvalue weighted by Gasteiger charge is -2.16. The largest absolute Gasteiger partial charge is 0.490 e. The number of hydrogen-bond acceptors (Lipinski definition) is 4. The van der Waals surface area contributed by atoms with E-state index < -0.39 is 0 Å². The van der Waals surface area contributed by atoms with Crippen LogP contribution in [0.5, 0.6) is 11.5 Å². The first-order valence-electron chi connectivity index (χ1n) is 10.2. The van der Waals surface area contributed by atoms with Gasteiger partial charge in [0.15, 0.2) is 11.5 Å². The zero-order chi connectivity index (χ0) is 22.2. The summed E-state index contributed by atoms with van der Waals surface area (Å²) in [6.07, 6.45) is 0. The molecule has 0 saturated heterocycles. The highest BCUT2D eigenvalue weighted by molar-refractivity contribution is 6.32. The van der Waals surface area contributed by atoms with Crippen LogP contribution in [0.15, 0.2) is 60.7 Å². The van der Waals surface area contributed by atoms with Crippen LogP contribution in [-0.4, -0.2) is 12.5 Å². The maximum atomic E-state index is 11.1. The molecule has 31 heavy (non-hydrogen) atoms. The molecule has 3 aromatic carbocycles. The van der Waals surface area contributed by atoms with E-state index in [9.17, 15) is 4.79 Å². The van der Waals surface area contributed by atoms with E-state index in [2.05, 4.69) is 29.7 Å². The van der Waals surface area contributed by atoms with Crippen LogP contribution in [0.4, 0.5) is 11.4 Å². The van der Waals surface area contributed by atoms with E-state index in [1.54, 1.807) is 0 Å². The van der Waals surface area contributed by atoms with Crippen molar-refractivity contribution in [2.24, 2.45) is 0 Å². The molecular formula is C25H27ClN2O3. The van der Waals surface area contributed by atoms with Crippen LogP contribution in [0.2, 0.25) is 5.02 Å². The topological polar surface area (TPSA) is 59.6 Å². The molecule has 0 aromatic heterocycles. The van der Waals surface area contributed by atoms with Crippen molar-refractivity contribution in [3.05, 3.63) is 82.4 Å². The lowest BCUT2D eigenvalue weighted by molar-refractivity contribution is -0.114. The molecule has 0 unspecified atom stereocenters. The van der Waals surface area contributed by atoms with E-state index in [0.717, 1.165) is 22.5 Å². The number of ether oxygens (including phenoxy) is 2. The van der Waals surface area contributed by atoms with Gasteiger partial charge in [-0.25, -0.2) is 0 Å². The van der Waals surface area contributed by atoms with Gasteiger partial charge in [0.1, 0.15) is 6.61 Å². The molecule has 5 nitrogen and oxygen atoms in total. The van der Waals surface area contributed by atoms with Gasteiger partial charge in [-0.1, -0.05) is 41.4 Å². The number of rotatable bonds is 9. The molecule has 0 saturated carbocycles. The maximum absolute atomic E-state index is 11.1. The summed E-state index contributed by atoms with van der Waals surface area (Å²) in [5, 5.41) is 6.62. The van der Waals surface area contributed by atoms with Gasteiger partial charge in [-0.3, -0.25) is 4.79 Å². The number of anilines is 2. The van der Waals surface area contributed by atoms with E-state index >= 15 is 0 Å². The Balaban J connectivity index is 1.69. The van der Waals surface area contributed by atoms with Crippen LogP contribution in [-0.2, 0) is 17.9 Å². The predicted octanol–water partition coefficient (Wildman–Crippen LogP) is 6.20. The van der Waals surface area contributed by atoms with E-state index in [4.69, 9.17) is 21.1 Å². The van der Waals surface area contributed by atoms with Crippen LogP contribution in [0.25, 0.3) is 0 Å². The molecule has 0 fully saturated rings. The molecule has 0 aliphatic rings. The highest BCUT2D eigenvalue weighted by Gasteiger charge is 2.13. The first-order valence-corrected chi connectivity index (χ1v) is 10.6. The number of amides is 1. The van der Waals surface area contributed by atoms with Crippen LogP contribution < -0.4 is 20.1 Å². The summed E-state index contributed by atoms with van der Waals surface area (Å²) in [6, 6.07) is 19.5.